The van der Waals surface area contributed by atoms with Crippen molar-refractivity contribution in [1.82, 2.24) is 0 Å². The first-order valence-corrected chi connectivity index (χ1v) is 10.9. The highest BCUT2D eigenvalue weighted by molar-refractivity contribution is 5.91. The van der Waals surface area contributed by atoms with Gasteiger partial charge >= 0.3 is 11.9 Å². The Morgan fingerprint density at radius 3 is 1.28 bits per heavy atom. The molecule has 0 aliphatic carbocycles. The van der Waals surface area contributed by atoms with E-state index in [1.165, 1.54) is 14.2 Å². The van der Waals surface area contributed by atoms with Gasteiger partial charge < -0.3 is 5.48 Å². The molecular weight excluding hydrogens is 475 g/mol. The van der Waals surface area contributed by atoms with Crippen LogP contribution in [0.2, 0.25) is 0 Å². The molecule has 0 fully saturated rings. The summed E-state index contributed by atoms with van der Waals surface area (Å²) in [6, 6.07) is 27.7. The third-order valence-corrected chi connectivity index (χ3v) is 5.62. The van der Waals surface area contributed by atoms with Gasteiger partial charge in [0, 0.05) is 17.4 Å². The van der Waals surface area contributed by atoms with Crippen LogP contribution in [0, 0.1) is 0 Å². The highest BCUT2D eigenvalue weighted by Crippen LogP contribution is 2.27. The quantitative estimate of drug-likeness (QED) is 0.210. The molecule has 0 aromatic heterocycles. The van der Waals surface area contributed by atoms with E-state index in [2.05, 4.69) is 19.6 Å². The Balaban J connectivity index is 0.000000341. The van der Waals surface area contributed by atoms with E-state index >= 15 is 0 Å². The number of carbonyl (C=O) groups is 2. The van der Waals surface area contributed by atoms with Crippen LogP contribution in [-0.4, -0.2) is 49.0 Å². The monoisotopic (exact) mass is 505 g/mol. The van der Waals surface area contributed by atoms with Crippen LogP contribution in [0.3, 0.4) is 0 Å². The summed E-state index contributed by atoms with van der Waals surface area (Å²) in [4.78, 5) is 41.2. The van der Waals surface area contributed by atoms with Gasteiger partial charge in [0.25, 0.3) is 0 Å². The largest absolute Gasteiger partial charge is 0.412 e. The van der Waals surface area contributed by atoms with E-state index in [9.17, 15) is 9.59 Å². The molecule has 2 unspecified atom stereocenters. The van der Waals surface area contributed by atoms with Gasteiger partial charge in [-0.25, -0.2) is 9.59 Å². The molecule has 0 aliphatic rings. The van der Waals surface area contributed by atoms with Crippen molar-refractivity contribution in [1.29, 1.82) is 0 Å². The second-order valence-corrected chi connectivity index (χ2v) is 7.72. The van der Waals surface area contributed by atoms with Crippen LogP contribution < -0.4 is 0 Å². The molecule has 4 rings (SSSR count). The molecule has 4 aromatic carbocycles. The molecule has 8 heteroatoms. The van der Waals surface area contributed by atoms with E-state index in [-0.39, 0.29) is 46.6 Å². The lowest BCUT2D eigenvalue weighted by Crippen LogP contribution is -2.12. The van der Waals surface area contributed by atoms with Crippen molar-refractivity contribution in [2.24, 2.45) is 0 Å². The van der Waals surface area contributed by atoms with Crippen LogP contribution in [0.4, 0.5) is 0 Å². The number of hydrogen-bond acceptors (Lipinski definition) is 6. The fourth-order valence-corrected chi connectivity index (χ4v) is 3.82. The van der Waals surface area contributed by atoms with Crippen molar-refractivity contribution in [3.05, 3.63) is 96.1 Å². The second kappa shape index (κ2) is 15.0. The molecule has 187 valence electrons. The molecule has 0 heterocycles. The molecular formula is C28H30AlO7. The zero-order valence-electron chi connectivity index (χ0n) is 20.8. The van der Waals surface area contributed by atoms with Crippen molar-refractivity contribution < 1.29 is 34.6 Å². The lowest BCUT2D eigenvalue weighted by Gasteiger charge is -2.12. The SMILES string of the molecule is COOC(=O)C(C)c1cccc2ccccc12.COOC(=O)C(C)c1cccc2ccccc12.O.[Al]. The molecule has 0 spiro atoms. The highest BCUT2D eigenvalue weighted by atomic mass is 27.0. The molecule has 2 N–H and O–H groups in total. The number of hydrogen-bond donors (Lipinski definition) is 0. The van der Waals surface area contributed by atoms with Gasteiger partial charge in [-0.2, -0.15) is 9.78 Å². The molecule has 0 saturated carbocycles. The van der Waals surface area contributed by atoms with Crippen molar-refractivity contribution in [3.8, 4) is 0 Å². The van der Waals surface area contributed by atoms with Crippen molar-refractivity contribution >= 4 is 50.8 Å². The predicted molar refractivity (Wildman–Crippen MR) is 140 cm³/mol. The van der Waals surface area contributed by atoms with Crippen LogP contribution >= 0.6 is 0 Å². The zero-order valence-corrected chi connectivity index (χ0v) is 21.9. The van der Waals surface area contributed by atoms with Crippen LogP contribution in [0.1, 0.15) is 36.8 Å². The van der Waals surface area contributed by atoms with E-state index in [1.807, 2.05) is 98.8 Å². The second-order valence-electron chi connectivity index (χ2n) is 7.72. The number of rotatable bonds is 6. The normalized spacial score (nSPS) is 11.7. The van der Waals surface area contributed by atoms with E-state index in [1.54, 1.807) is 0 Å². The third kappa shape index (κ3) is 7.38. The molecule has 0 amide bonds. The van der Waals surface area contributed by atoms with E-state index in [4.69, 9.17) is 0 Å². The first kappa shape index (κ1) is 30.8. The summed E-state index contributed by atoms with van der Waals surface area (Å²) in [5, 5.41) is 4.36. The van der Waals surface area contributed by atoms with Crippen LogP contribution in [0.5, 0.6) is 0 Å². The molecule has 3 radical (unpaired) electrons. The van der Waals surface area contributed by atoms with Crippen LogP contribution in [0.15, 0.2) is 84.9 Å². The standard InChI is InChI=1S/2C14H14O3.Al.H2O/c2*1-10(14(15)17-16-2)12-9-5-7-11-6-3-4-8-13(11)12;;/h2*3-10H,1-2H3;;1H2. The highest BCUT2D eigenvalue weighted by Gasteiger charge is 2.20. The minimum Gasteiger partial charge on any atom is -0.412 e. The van der Waals surface area contributed by atoms with Crippen LogP contribution in [0.25, 0.3) is 21.5 Å². The summed E-state index contributed by atoms with van der Waals surface area (Å²) in [6.07, 6.45) is 0. The minimum absolute atomic E-state index is 0. The fourth-order valence-electron chi connectivity index (χ4n) is 3.82. The minimum atomic E-state index is -0.385. The number of fused-ring (bicyclic) bond motifs is 2. The molecule has 0 saturated heterocycles. The average Bonchev–Trinajstić information content (AvgIpc) is 2.88. The summed E-state index contributed by atoms with van der Waals surface area (Å²) in [6.45, 7) is 3.62. The Morgan fingerprint density at radius 1 is 0.583 bits per heavy atom. The Kier molecular flexibility index (Phi) is 12.8. The summed E-state index contributed by atoms with van der Waals surface area (Å²) in [5.41, 5.74) is 1.90. The average molecular weight is 506 g/mol. The molecule has 2 atom stereocenters. The van der Waals surface area contributed by atoms with Crippen molar-refractivity contribution in [2.75, 3.05) is 14.2 Å². The van der Waals surface area contributed by atoms with Gasteiger partial charge in [-0.3, -0.25) is 9.78 Å². The topological polar surface area (TPSA) is 103 Å². The molecule has 7 nitrogen and oxygen atoms in total. The Hall–Kier alpha value is -3.25. The number of carbonyl (C=O) groups excluding carboxylic acids is 2. The fraction of sp³-hybridized carbons (Fsp3) is 0.214. The van der Waals surface area contributed by atoms with Gasteiger partial charge in [0.15, 0.2) is 0 Å². The first-order valence-electron chi connectivity index (χ1n) is 10.9. The summed E-state index contributed by atoms with van der Waals surface area (Å²) in [7, 11) is 2.65. The smallest absolute Gasteiger partial charge is 0.349 e. The van der Waals surface area contributed by atoms with E-state index in [0.29, 0.717) is 0 Å². The van der Waals surface area contributed by atoms with Gasteiger partial charge in [0.1, 0.15) is 0 Å². The van der Waals surface area contributed by atoms with Gasteiger partial charge in [0.2, 0.25) is 0 Å². The third-order valence-electron chi connectivity index (χ3n) is 5.62. The predicted octanol–water partition coefficient (Wildman–Crippen LogP) is 4.89. The van der Waals surface area contributed by atoms with Gasteiger partial charge in [-0.15, -0.1) is 0 Å². The Morgan fingerprint density at radius 2 is 0.917 bits per heavy atom. The van der Waals surface area contributed by atoms with E-state index < -0.39 is 0 Å². The summed E-state index contributed by atoms with van der Waals surface area (Å²) < 4.78 is 0. The molecule has 0 aliphatic heterocycles. The lowest BCUT2D eigenvalue weighted by molar-refractivity contribution is -0.256. The maximum atomic E-state index is 11.6. The Bertz CT molecular complexity index is 1170. The molecule has 0 bridgehead atoms. The molecule has 4 aromatic rings. The van der Waals surface area contributed by atoms with Gasteiger partial charge in [-0.1, -0.05) is 84.9 Å². The first-order chi connectivity index (χ1) is 16.5. The number of benzene rings is 4. The van der Waals surface area contributed by atoms with Crippen molar-refractivity contribution in [2.45, 2.75) is 25.7 Å². The van der Waals surface area contributed by atoms with Crippen LogP contribution in [-0.2, 0) is 29.1 Å². The maximum Gasteiger partial charge on any atom is 0.349 e. The summed E-state index contributed by atoms with van der Waals surface area (Å²) >= 11 is 0. The van der Waals surface area contributed by atoms with Gasteiger partial charge in [-0.05, 0) is 46.5 Å². The lowest BCUT2D eigenvalue weighted by atomic mass is 9.95. The maximum absolute atomic E-state index is 11.6. The summed E-state index contributed by atoms with van der Waals surface area (Å²) in [5.74, 6) is -1.46. The zero-order chi connectivity index (χ0) is 24.5. The molecule has 36 heavy (non-hydrogen) atoms. The van der Waals surface area contributed by atoms with Gasteiger partial charge in [0.05, 0.1) is 26.1 Å². The van der Waals surface area contributed by atoms with Crippen molar-refractivity contribution in [3.63, 3.8) is 0 Å². The Labute approximate surface area is 221 Å². The van der Waals surface area contributed by atoms with E-state index in [0.717, 1.165) is 32.7 Å².